The molecule has 0 heterocycles. The molecule has 0 fully saturated rings. The molecule has 3 aromatic carbocycles. The average molecular weight is 429 g/mol. The first-order chi connectivity index (χ1) is 14.2. The number of rotatable bonds is 6. The Morgan fingerprint density at radius 2 is 1.53 bits per heavy atom. The third-order valence-electron chi connectivity index (χ3n) is 4.22. The Balaban J connectivity index is 1.72. The molecule has 0 aromatic heterocycles. The van der Waals surface area contributed by atoms with Crippen molar-refractivity contribution >= 4 is 27.6 Å². The maximum atomic E-state index is 13.3. The number of sulfonamides is 1. The molecular weight excluding hydrogens is 412 g/mol. The molecule has 0 spiro atoms. The molecule has 3 rings (SSSR count). The standard InChI is InChI=1S/C22H17F2NO4S/c1-14-2-9-18(10-3-14)30(28,29)25-17-7-5-16(6-8-17)21(26)11-4-15-12-19(23)22(27)20(24)13-15/h2-13,25,27H,1H3/b11-4+. The van der Waals surface area contributed by atoms with Gasteiger partial charge < -0.3 is 5.11 Å². The topological polar surface area (TPSA) is 83.5 Å². The molecule has 0 unspecified atom stereocenters. The van der Waals surface area contributed by atoms with Crippen LogP contribution in [-0.2, 0) is 10.0 Å². The lowest BCUT2D eigenvalue weighted by molar-refractivity contribution is 0.104. The Hall–Kier alpha value is -3.52. The highest BCUT2D eigenvalue weighted by Gasteiger charge is 2.14. The average Bonchev–Trinajstić information content (AvgIpc) is 2.70. The van der Waals surface area contributed by atoms with Gasteiger partial charge in [0.05, 0.1) is 4.90 Å². The van der Waals surface area contributed by atoms with Gasteiger partial charge in [-0.3, -0.25) is 9.52 Å². The van der Waals surface area contributed by atoms with E-state index in [1.54, 1.807) is 12.1 Å². The smallest absolute Gasteiger partial charge is 0.261 e. The van der Waals surface area contributed by atoms with Crippen molar-refractivity contribution in [2.75, 3.05) is 4.72 Å². The first-order valence-electron chi connectivity index (χ1n) is 8.76. The van der Waals surface area contributed by atoms with Crippen molar-refractivity contribution in [1.29, 1.82) is 0 Å². The number of aryl methyl sites for hydroxylation is 1. The van der Waals surface area contributed by atoms with Crippen LogP contribution >= 0.6 is 0 Å². The largest absolute Gasteiger partial charge is 0.503 e. The number of aromatic hydroxyl groups is 1. The van der Waals surface area contributed by atoms with E-state index in [1.807, 2.05) is 6.92 Å². The van der Waals surface area contributed by atoms with Gasteiger partial charge in [-0.15, -0.1) is 0 Å². The summed E-state index contributed by atoms with van der Waals surface area (Å²) in [5.74, 6) is -3.79. The minimum Gasteiger partial charge on any atom is -0.503 e. The zero-order chi connectivity index (χ0) is 21.9. The second-order valence-corrected chi connectivity index (χ2v) is 8.21. The van der Waals surface area contributed by atoms with E-state index in [-0.39, 0.29) is 21.7 Å². The van der Waals surface area contributed by atoms with Gasteiger partial charge in [0.1, 0.15) is 0 Å². The summed E-state index contributed by atoms with van der Waals surface area (Å²) in [5.41, 5.74) is 1.53. The number of hydrogen-bond donors (Lipinski definition) is 2. The Bertz CT molecular complexity index is 1200. The number of allylic oxidation sites excluding steroid dienone is 1. The number of hydrogen-bond acceptors (Lipinski definition) is 4. The molecule has 0 saturated heterocycles. The lowest BCUT2D eigenvalue weighted by atomic mass is 10.1. The second kappa shape index (κ2) is 8.46. The van der Waals surface area contributed by atoms with Gasteiger partial charge in [0.25, 0.3) is 10.0 Å². The zero-order valence-corrected chi connectivity index (χ0v) is 16.6. The summed E-state index contributed by atoms with van der Waals surface area (Å²) in [5, 5.41) is 9.09. The molecule has 3 aromatic rings. The highest BCUT2D eigenvalue weighted by Crippen LogP contribution is 2.22. The number of phenols is 1. The molecular formula is C22H17F2NO4S. The molecule has 8 heteroatoms. The highest BCUT2D eigenvalue weighted by atomic mass is 32.2. The molecule has 0 bridgehead atoms. The number of benzene rings is 3. The summed E-state index contributed by atoms with van der Waals surface area (Å²) in [6.07, 6.45) is 2.33. The SMILES string of the molecule is Cc1ccc(S(=O)(=O)Nc2ccc(C(=O)/C=C/c3cc(F)c(O)c(F)c3)cc2)cc1. The van der Waals surface area contributed by atoms with E-state index in [2.05, 4.69) is 4.72 Å². The summed E-state index contributed by atoms with van der Waals surface area (Å²) >= 11 is 0. The number of halogens is 2. The summed E-state index contributed by atoms with van der Waals surface area (Å²) < 4.78 is 53.9. The molecule has 5 nitrogen and oxygen atoms in total. The van der Waals surface area contributed by atoms with Crippen LogP contribution in [0.5, 0.6) is 5.75 Å². The number of nitrogens with one attached hydrogen (secondary N) is 1. The Labute approximate surface area is 172 Å². The summed E-state index contributed by atoms with van der Waals surface area (Å²) in [6, 6.07) is 13.9. The van der Waals surface area contributed by atoms with Gasteiger partial charge in [0.2, 0.25) is 0 Å². The van der Waals surface area contributed by atoms with Crippen molar-refractivity contribution in [3.63, 3.8) is 0 Å². The van der Waals surface area contributed by atoms with E-state index in [9.17, 15) is 22.0 Å². The Kier molecular flexibility index (Phi) is 5.98. The van der Waals surface area contributed by atoms with Crippen LogP contribution < -0.4 is 4.72 Å². The molecule has 0 amide bonds. The van der Waals surface area contributed by atoms with Crippen molar-refractivity contribution < 1.29 is 27.1 Å². The lowest BCUT2D eigenvalue weighted by Crippen LogP contribution is -2.13. The quantitative estimate of drug-likeness (QED) is 0.440. The number of carbonyl (C=O) groups is 1. The summed E-state index contributed by atoms with van der Waals surface area (Å²) in [7, 11) is -3.76. The zero-order valence-electron chi connectivity index (χ0n) is 15.8. The summed E-state index contributed by atoms with van der Waals surface area (Å²) in [4.78, 5) is 12.4. The molecule has 30 heavy (non-hydrogen) atoms. The van der Waals surface area contributed by atoms with E-state index in [0.717, 1.165) is 23.8 Å². The first-order valence-corrected chi connectivity index (χ1v) is 10.2. The molecule has 0 aliphatic rings. The minimum atomic E-state index is -3.76. The third kappa shape index (κ3) is 4.90. The number of carbonyl (C=O) groups excluding carboxylic acids is 1. The molecule has 0 atom stereocenters. The van der Waals surface area contributed by atoms with E-state index < -0.39 is 33.2 Å². The summed E-state index contributed by atoms with van der Waals surface area (Å²) in [6.45, 7) is 1.85. The van der Waals surface area contributed by atoms with Crippen molar-refractivity contribution in [3.8, 4) is 5.75 Å². The van der Waals surface area contributed by atoms with E-state index >= 15 is 0 Å². The number of anilines is 1. The molecule has 0 aliphatic carbocycles. The van der Waals surface area contributed by atoms with Crippen LogP contribution in [0.4, 0.5) is 14.5 Å². The first kappa shape index (κ1) is 21.2. The van der Waals surface area contributed by atoms with Crippen LogP contribution in [0.1, 0.15) is 21.5 Å². The minimum absolute atomic E-state index is 0.0682. The predicted octanol–water partition coefficient (Wildman–Crippen LogP) is 4.68. The molecule has 0 radical (unpaired) electrons. The maximum Gasteiger partial charge on any atom is 0.261 e. The molecule has 0 aliphatic heterocycles. The van der Waals surface area contributed by atoms with Gasteiger partial charge >= 0.3 is 0 Å². The van der Waals surface area contributed by atoms with Crippen LogP contribution in [0.25, 0.3) is 6.08 Å². The van der Waals surface area contributed by atoms with Gasteiger partial charge in [-0.05, 0) is 67.1 Å². The van der Waals surface area contributed by atoms with Crippen molar-refractivity contribution in [3.05, 3.63) is 95.1 Å². The fraction of sp³-hybridized carbons (Fsp3) is 0.0455. The third-order valence-corrected chi connectivity index (χ3v) is 5.62. The van der Waals surface area contributed by atoms with Crippen LogP contribution in [-0.4, -0.2) is 19.3 Å². The monoisotopic (exact) mass is 429 g/mol. The predicted molar refractivity (Wildman–Crippen MR) is 110 cm³/mol. The van der Waals surface area contributed by atoms with Crippen molar-refractivity contribution in [2.24, 2.45) is 0 Å². The molecule has 154 valence electrons. The van der Waals surface area contributed by atoms with E-state index in [4.69, 9.17) is 5.11 Å². The van der Waals surface area contributed by atoms with Crippen molar-refractivity contribution in [2.45, 2.75) is 11.8 Å². The van der Waals surface area contributed by atoms with Gasteiger partial charge in [0.15, 0.2) is 23.2 Å². The second-order valence-electron chi connectivity index (χ2n) is 6.53. The fourth-order valence-corrected chi connectivity index (χ4v) is 3.64. The van der Waals surface area contributed by atoms with Gasteiger partial charge in [-0.25, -0.2) is 17.2 Å². The van der Waals surface area contributed by atoms with Gasteiger partial charge in [-0.2, -0.15) is 0 Å². The Morgan fingerprint density at radius 1 is 0.967 bits per heavy atom. The number of ketones is 1. The van der Waals surface area contributed by atoms with E-state index in [0.29, 0.717) is 0 Å². The molecule has 2 N–H and O–H groups in total. The number of phenolic OH excluding ortho intramolecular Hbond substituents is 1. The lowest BCUT2D eigenvalue weighted by Gasteiger charge is -2.08. The van der Waals surface area contributed by atoms with Gasteiger partial charge in [-0.1, -0.05) is 23.8 Å². The highest BCUT2D eigenvalue weighted by molar-refractivity contribution is 7.92. The fourth-order valence-electron chi connectivity index (χ4n) is 2.58. The van der Waals surface area contributed by atoms with Crippen LogP contribution in [0, 0.1) is 18.6 Å². The van der Waals surface area contributed by atoms with Gasteiger partial charge in [0, 0.05) is 11.3 Å². The van der Waals surface area contributed by atoms with Crippen LogP contribution in [0.3, 0.4) is 0 Å². The van der Waals surface area contributed by atoms with Crippen molar-refractivity contribution in [1.82, 2.24) is 0 Å². The Morgan fingerprint density at radius 3 is 2.10 bits per heavy atom. The van der Waals surface area contributed by atoms with E-state index in [1.165, 1.54) is 42.5 Å². The maximum absolute atomic E-state index is 13.3. The molecule has 0 saturated carbocycles. The normalized spacial score (nSPS) is 11.6. The van der Waals surface area contributed by atoms with Crippen LogP contribution in [0.2, 0.25) is 0 Å². The van der Waals surface area contributed by atoms with Crippen LogP contribution in [0.15, 0.2) is 71.6 Å².